The van der Waals surface area contributed by atoms with Gasteiger partial charge in [-0.25, -0.2) is 9.37 Å². The van der Waals surface area contributed by atoms with Gasteiger partial charge in [0.1, 0.15) is 11.9 Å². The summed E-state index contributed by atoms with van der Waals surface area (Å²) in [4.78, 5) is 18.2. The number of hydrogen-bond donors (Lipinski definition) is 0. The molecule has 4 heteroatoms. The number of rotatable bonds is 2. The van der Waals surface area contributed by atoms with Crippen LogP contribution in [0, 0.1) is 0 Å². The van der Waals surface area contributed by atoms with E-state index in [0.717, 1.165) is 0 Å². The molecule has 0 fully saturated rings. The fourth-order valence-electron chi connectivity index (χ4n) is 0.725. The van der Waals surface area contributed by atoms with Gasteiger partial charge in [-0.3, -0.25) is 9.78 Å². The van der Waals surface area contributed by atoms with E-state index < -0.39 is 6.17 Å². The molecule has 0 aromatic carbocycles. The second-order valence-corrected chi connectivity index (χ2v) is 2.50. The Kier molecular flexibility index (Phi) is 2.47. The molecule has 3 nitrogen and oxygen atoms in total. The Morgan fingerprint density at radius 1 is 1.50 bits per heavy atom. The number of Topliss-reactive ketones (excluding diaryl/α,β-unsaturated/α-hetero) is 1. The van der Waals surface area contributed by atoms with Crippen LogP contribution >= 0.6 is 0 Å². The molecular formula is C8H9FN2O. The topological polar surface area (TPSA) is 42.9 Å². The summed E-state index contributed by atoms with van der Waals surface area (Å²) in [5.74, 6) is -0.166. The van der Waals surface area contributed by atoms with Gasteiger partial charge in [0.25, 0.3) is 0 Å². The SMILES string of the molecule is CC(=O)c1cnc(C(C)F)cn1. The highest BCUT2D eigenvalue weighted by atomic mass is 19.1. The standard InChI is InChI=1S/C8H9FN2O/c1-5(9)7-3-11-8(4-10-7)6(2)12/h3-5H,1-2H3. The molecule has 0 radical (unpaired) electrons. The Bertz CT molecular complexity index is 282. The summed E-state index contributed by atoms with van der Waals surface area (Å²) in [5, 5.41) is 0. The minimum Gasteiger partial charge on any atom is -0.293 e. The molecule has 0 aliphatic heterocycles. The van der Waals surface area contributed by atoms with Crippen molar-refractivity contribution in [1.29, 1.82) is 0 Å². The summed E-state index contributed by atoms with van der Waals surface area (Å²) in [6.45, 7) is 2.76. The Labute approximate surface area is 69.7 Å². The zero-order chi connectivity index (χ0) is 9.14. The second kappa shape index (κ2) is 3.38. The van der Waals surface area contributed by atoms with E-state index in [1.807, 2.05) is 0 Å². The van der Waals surface area contributed by atoms with Gasteiger partial charge >= 0.3 is 0 Å². The van der Waals surface area contributed by atoms with Gasteiger partial charge in [0.2, 0.25) is 0 Å². The molecule has 64 valence electrons. The quantitative estimate of drug-likeness (QED) is 0.631. The fraction of sp³-hybridized carbons (Fsp3) is 0.375. The maximum absolute atomic E-state index is 12.6. The van der Waals surface area contributed by atoms with Gasteiger partial charge in [-0.1, -0.05) is 0 Å². The van der Waals surface area contributed by atoms with E-state index in [4.69, 9.17) is 0 Å². The minimum absolute atomic E-state index is 0.166. The molecule has 1 aromatic heterocycles. The van der Waals surface area contributed by atoms with Gasteiger partial charge in [0, 0.05) is 6.92 Å². The smallest absolute Gasteiger partial charge is 0.179 e. The van der Waals surface area contributed by atoms with Gasteiger partial charge in [-0.2, -0.15) is 0 Å². The van der Waals surface area contributed by atoms with Crippen LogP contribution in [0.4, 0.5) is 4.39 Å². The number of halogens is 1. The van der Waals surface area contributed by atoms with Crippen molar-refractivity contribution in [3.8, 4) is 0 Å². The molecule has 1 heterocycles. The van der Waals surface area contributed by atoms with Crippen molar-refractivity contribution < 1.29 is 9.18 Å². The average Bonchev–Trinajstić information content (AvgIpc) is 2.04. The van der Waals surface area contributed by atoms with Gasteiger partial charge in [0.05, 0.1) is 18.1 Å². The molecule has 0 saturated heterocycles. The first-order valence-corrected chi connectivity index (χ1v) is 3.58. The van der Waals surface area contributed by atoms with Crippen LogP contribution in [-0.2, 0) is 0 Å². The fourth-order valence-corrected chi connectivity index (χ4v) is 0.725. The number of alkyl halides is 1. The molecule has 1 rings (SSSR count). The highest BCUT2D eigenvalue weighted by Gasteiger charge is 2.06. The first-order valence-electron chi connectivity index (χ1n) is 3.58. The van der Waals surface area contributed by atoms with Crippen LogP contribution in [0.3, 0.4) is 0 Å². The molecule has 0 aliphatic carbocycles. The monoisotopic (exact) mass is 168 g/mol. The third kappa shape index (κ3) is 1.84. The molecule has 0 saturated carbocycles. The first-order chi connectivity index (χ1) is 5.61. The van der Waals surface area contributed by atoms with E-state index in [1.165, 1.54) is 26.2 Å². The van der Waals surface area contributed by atoms with Crippen LogP contribution in [0.5, 0.6) is 0 Å². The summed E-state index contributed by atoms with van der Waals surface area (Å²) in [6.07, 6.45) is 1.42. The Morgan fingerprint density at radius 3 is 2.50 bits per heavy atom. The second-order valence-electron chi connectivity index (χ2n) is 2.50. The van der Waals surface area contributed by atoms with Crippen molar-refractivity contribution in [2.24, 2.45) is 0 Å². The molecule has 1 atom stereocenters. The van der Waals surface area contributed by atoms with Crippen molar-refractivity contribution in [2.75, 3.05) is 0 Å². The third-order valence-corrected chi connectivity index (χ3v) is 1.44. The van der Waals surface area contributed by atoms with Gasteiger partial charge < -0.3 is 0 Å². The van der Waals surface area contributed by atoms with Crippen LogP contribution in [-0.4, -0.2) is 15.8 Å². The van der Waals surface area contributed by atoms with Crippen LogP contribution in [0.15, 0.2) is 12.4 Å². The Morgan fingerprint density at radius 2 is 2.17 bits per heavy atom. The maximum Gasteiger partial charge on any atom is 0.179 e. The normalized spacial score (nSPS) is 12.6. The number of carbonyl (C=O) groups is 1. The van der Waals surface area contributed by atoms with Gasteiger partial charge in [-0.15, -0.1) is 0 Å². The number of aromatic nitrogens is 2. The molecule has 0 amide bonds. The lowest BCUT2D eigenvalue weighted by atomic mass is 10.3. The predicted molar refractivity (Wildman–Crippen MR) is 41.6 cm³/mol. The number of carbonyl (C=O) groups excluding carboxylic acids is 1. The van der Waals surface area contributed by atoms with E-state index in [9.17, 15) is 9.18 Å². The molecule has 1 aromatic rings. The Hall–Kier alpha value is -1.32. The lowest BCUT2D eigenvalue weighted by molar-refractivity contribution is 0.101. The largest absolute Gasteiger partial charge is 0.293 e. The van der Waals surface area contributed by atoms with E-state index in [2.05, 4.69) is 9.97 Å². The zero-order valence-corrected chi connectivity index (χ0v) is 6.91. The van der Waals surface area contributed by atoms with Crippen LogP contribution < -0.4 is 0 Å². The molecule has 0 bridgehead atoms. The average molecular weight is 168 g/mol. The molecule has 12 heavy (non-hydrogen) atoms. The summed E-state index contributed by atoms with van der Waals surface area (Å²) >= 11 is 0. The predicted octanol–water partition coefficient (Wildman–Crippen LogP) is 1.71. The highest BCUT2D eigenvalue weighted by molar-refractivity contribution is 5.91. The number of nitrogens with zero attached hydrogens (tertiary/aromatic N) is 2. The van der Waals surface area contributed by atoms with Gasteiger partial charge in [0.15, 0.2) is 5.78 Å². The minimum atomic E-state index is -1.14. The van der Waals surface area contributed by atoms with Crippen molar-refractivity contribution in [3.05, 3.63) is 23.8 Å². The molecule has 0 aliphatic rings. The number of hydrogen-bond acceptors (Lipinski definition) is 3. The first kappa shape index (κ1) is 8.77. The zero-order valence-electron chi connectivity index (χ0n) is 6.91. The maximum atomic E-state index is 12.6. The van der Waals surface area contributed by atoms with Crippen molar-refractivity contribution in [2.45, 2.75) is 20.0 Å². The lowest BCUT2D eigenvalue weighted by Crippen LogP contribution is -2.00. The van der Waals surface area contributed by atoms with Crippen LogP contribution in [0.2, 0.25) is 0 Å². The third-order valence-electron chi connectivity index (χ3n) is 1.44. The summed E-state index contributed by atoms with van der Waals surface area (Å²) < 4.78 is 12.6. The van der Waals surface area contributed by atoms with Crippen molar-refractivity contribution in [1.82, 2.24) is 9.97 Å². The van der Waals surface area contributed by atoms with Crippen LogP contribution in [0.25, 0.3) is 0 Å². The molecule has 0 N–H and O–H groups in total. The highest BCUT2D eigenvalue weighted by Crippen LogP contribution is 2.11. The summed E-state index contributed by atoms with van der Waals surface area (Å²) in [5.41, 5.74) is 0.513. The van der Waals surface area contributed by atoms with E-state index in [1.54, 1.807) is 0 Å². The summed E-state index contributed by atoms with van der Waals surface area (Å²) in [6, 6.07) is 0. The van der Waals surface area contributed by atoms with E-state index in [0.29, 0.717) is 0 Å². The van der Waals surface area contributed by atoms with Crippen molar-refractivity contribution in [3.63, 3.8) is 0 Å². The van der Waals surface area contributed by atoms with E-state index >= 15 is 0 Å². The summed E-state index contributed by atoms with van der Waals surface area (Å²) in [7, 11) is 0. The van der Waals surface area contributed by atoms with Crippen LogP contribution in [0.1, 0.15) is 36.2 Å². The molecular weight excluding hydrogens is 159 g/mol. The lowest BCUT2D eigenvalue weighted by Gasteiger charge is -1.99. The number of ketones is 1. The Balaban J connectivity index is 2.93. The molecule has 0 spiro atoms. The van der Waals surface area contributed by atoms with Crippen molar-refractivity contribution >= 4 is 5.78 Å². The van der Waals surface area contributed by atoms with E-state index in [-0.39, 0.29) is 17.2 Å². The van der Waals surface area contributed by atoms with Gasteiger partial charge in [-0.05, 0) is 6.92 Å². The molecule has 1 unspecified atom stereocenters.